The predicted molar refractivity (Wildman–Crippen MR) is 40.1 cm³/mol. The fourth-order valence-corrected chi connectivity index (χ4v) is 0.745. The van der Waals surface area contributed by atoms with E-state index in [1.807, 2.05) is 0 Å². The maximum atomic E-state index is 9.07. The van der Waals surface area contributed by atoms with Crippen molar-refractivity contribution in [2.24, 2.45) is 0 Å². The molecule has 0 fully saturated rings. The number of rotatable bonds is 4. The highest BCUT2D eigenvalue weighted by atomic mass is 16.9. The molecule has 0 saturated heterocycles. The lowest BCUT2D eigenvalue weighted by molar-refractivity contribution is -1.35. The lowest BCUT2D eigenvalue weighted by atomic mass is 10.2. The molecule has 1 unspecified atom stereocenters. The standard InChI is InChI=1S/C6H16NO7/c1-3-5(9,10)7(13,14)6(11,12)4(2)8/h4,8-14H,3H2,1-2H3/q+1. The van der Waals surface area contributed by atoms with Gasteiger partial charge in [-0.05, 0) is 6.92 Å². The molecule has 14 heavy (non-hydrogen) atoms. The van der Waals surface area contributed by atoms with Gasteiger partial charge in [0.05, 0.1) is 11.2 Å². The summed E-state index contributed by atoms with van der Waals surface area (Å²) in [5, 5.41) is 63.1. The van der Waals surface area contributed by atoms with Crippen molar-refractivity contribution in [3.8, 4) is 0 Å². The van der Waals surface area contributed by atoms with E-state index < -0.39 is 29.2 Å². The molecule has 0 saturated carbocycles. The molecule has 0 radical (unpaired) electrons. The summed E-state index contributed by atoms with van der Waals surface area (Å²) in [6.07, 6.45) is -2.61. The van der Waals surface area contributed by atoms with Gasteiger partial charge >= 0.3 is 11.8 Å². The van der Waals surface area contributed by atoms with Crippen LogP contribution in [0.2, 0.25) is 0 Å². The van der Waals surface area contributed by atoms with Crippen molar-refractivity contribution in [1.82, 2.24) is 0 Å². The fraction of sp³-hybridized carbons (Fsp3) is 1.00. The number of aliphatic hydroxyl groups is 5. The zero-order valence-corrected chi connectivity index (χ0v) is 7.86. The Labute approximate surface area is 80.0 Å². The van der Waals surface area contributed by atoms with E-state index in [0.717, 1.165) is 13.8 Å². The fourth-order valence-electron chi connectivity index (χ4n) is 0.745. The van der Waals surface area contributed by atoms with Crippen molar-refractivity contribution in [2.45, 2.75) is 38.2 Å². The molecule has 0 aliphatic rings. The molecule has 0 aromatic carbocycles. The van der Waals surface area contributed by atoms with Crippen LogP contribution in [0.1, 0.15) is 20.3 Å². The van der Waals surface area contributed by atoms with Crippen LogP contribution >= 0.6 is 0 Å². The molecule has 0 aliphatic heterocycles. The van der Waals surface area contributed by atoms with Crippen LogP contribution in [0.25, 0.3) is 0 Å². The average molecular weight is 214 g/mol. The number of nitrogens with zero attached hydrogens (tertiary/aromatic N) is 1. The Morgan fingerprint density at radius 2 is 1.50 bits per heavy atom. The Kier molecular flexibility index (Phi) is 3.60. The van der Waals surface area contributed by atoms with E-state index in [9.17, 15) is 0 Å². The third kappa shape index (κ3) is 1.87. The largest absolute Gasteiger partial charge is 0.407 e. The molecule has 0 amide bonds. The highest BCUT2D eigenvalue weighted by Crippen LogP contribution is 2.28. The lowest BCUT2D eigenvalue weighted by Crippen LogP contribution is -2.75. The van der Waals surface area contributed by atoms with Crippen molar-refractivity contribution in [1.29, 1.82) is 0 Å². The minimum atomic E-state index is -3.51. The quantitative estimate of drug-likeness (QED) is 0.158. The van der Waals surface area contributed by atoms with Crippen LogP contribution in [-0.2, 0) is 0 Å². The molecule has 0 aliphatic carbocycles. The van der Waals surface area contributed by atoms with Gasteiger partial charge < -0.3 is 25.5 Å². The summed E-state index contributed by atoms with van der Waals surface area (Å²) in [5.74, 6) is -6.72. The average Bonchev–Trinajstić information content (AvgIpc) is 2.03. The Balaban J connectivity index is 5.14. The van der Waals surface area contributed by atoms with Gasteiger partial charge in [-0.1, -0.05) is 6.92 Å². The lowest BCUT2D eigenvalue weighted by Gasteiger charge is -2.40. The van der Waals surface area contributed by atoms with Gasteiger partial charge in [-0.3, -0.25) is 0 Å². The molecule has 0 rings (SSSR count). The number of aliphatic hydroxyl groups excluding tert-OH is 1. The molecule has 8 heteroatoms. The van der Waals surface area contributed by atoms with Gasteiger partial charge in [-0.2, -0.15) is 10.4 Å². The molecular weight excluding hydrogens is 198 g/mol. The second kappa shape index (κ2) is 3.68. The van der Waals surface area contributed by atoms with Gasteiger partial charge in [0.1, 0.15) is 0 Å². The van der Waals surface area contributed by atoms with Crippen molar-refractivity contribution in [2.75, 3.05) is 0 Å². The van der Waals surface area contributed by atoms with Gasteiger partial charge in [0.2, 0.25) is 0 Å². The monoisotopic (exact) mass is 214 g/mol. The van der Waals surface area contributed by atoms with Gasteiger partial charge in [0, 0.05) is 0 Å². The molecule has 0 aromatic rings. The molecule has 86 valence electrons. The normalized spacial score (nSPS) is 16.9. The minimum absolute atomic E-state index is 0.602. The van der Waals surface area contributed by atoms with Crippen LogP contribution in [-0.4, -0.2) is 58.7 Å². The Morgan fingerprint density at radius 1 is 1.14 bits per heavy atom. The third-order valence-corrected chi connectivity index (χ3v) is 1.99. The molecule has 0 aromatic heterocycles. The Morgan fingerprint density at radius 3 is 1.71 bits per heavy atom. The van der Waals surface area contributed by atoms with Gasteiger partial charge in [-0.15, -0.1) is 0 Å². The number of hydrogen-bond acceptors (Lipinski definition) is 7. The third-order valence-electron chi connectivity index (χ3n) is 1.99. The predicted octanol–water partition coefficient (Wildman–Crippen LogP) is -2.35. The van der Waals surface area contributed by atoms with E-state index in [0.29, 0.717) is 0 Å². The number of quaternary nitrogens is 1. The summed E-state index contributed by atoms with van der Waals surface area (Å²) in [6, 6.07) is 0. The first kappa shape index (κ1) is 13.7. The second-order valence-corrected chi connectivity index (χ2v) is 3.09. The van der Waals surface area contributed by atoms with Gasteiger partial charge in [0.25, 0.3) is 0 Å². The van der Waals surface area contributed by atoms with E-state index in [4.69, 9.17) is 35.9 Å². The molecular formula is C6H16NO7+. The van der Waals surface area contributed by atoms with Crippen LogP contribution < -0.4 is 0 Å². The summed E-state index contributed by atoms with van der Waals surface area (Å²) < 4.78 is 0. The van der Waals surface area contributed by atoms with E-state index in [2.05, 4.69) is 0 Å². The van der Waals surface area contributed by atoms with E-state index >= 15 is 0 Å². The Bertz CT molecular complexity index is 200. The van der Waals surface area contributed by atoms with Crippen molar-refractivity contribution >= 4 is 0 Å². The summed E-state index contributed by atoms with van der Waals surface area (Å²) in [4.78, 5) is -2.95. The molecule has 0 bridgehead atoms. The summed E-state index contributed by atoms with van der Waals surface area (Å²) in [6.45, 7) is 2.00. The van der Waals surface area contributed by atoms with Crippen LogP contribution in [0, 0.1) is 0 Å². The molecule has 7 N–H and O–H groups in total. The SMILES string of the molecule is CCC(O)(O)[N+](O)(O)C(O)(O)C(C)O. The van der Waals surface area contributed by atoms with Crippen LogP contribution in [0.15, 0.2) is 0 Å². The van der Waals surface area contributed by atoms with Crippen LogP contribution in [0.4, 0.5) is 0 Å². The maximum Gasteiger partial charge on any atom is 0.407 e. The number of hydrogen-bond donors (Lipinski definition) is 7. The molecule has 1 atom stereocenters. The summed E-state index contributed by atoms with van der Waals surface area (Å²) in [5.41, 5.74) is 0. The topological polar surface area (TPSA) is 142 Å². The van der Waals surface area contributed by atoms with E-state index in [-0.39, 0.29) is 0 Å². The van der Waals surface area contributed by atoms with Gasteiger partial charge in [-0.25, -0.2) is 0 Å². The summed E-state index contributed by atoms with van der Waals surface area (Å²) >= 11 is 0. The smallest absolute Gasteiger partial charge is 0.381 e. The van der Waals surface area contributed by atoms with Gasteiger partial charge in [0.15, 0.2) is 6.10 Å². The number of hydroxylamine groups is 4. The first-order valence-corrected chi connectivity index (χ1v) is 3.93. The van der Waals surface area contributed by atoms with Crippen LogP contribution in [0.3, 0.4) is 0 Å². The highest BCUT2D eigenvalue weighted by molar-refractivity contribution is 4.59. The van der Waals surface area contributed by atoms with E-state index in [1.165, 1.54) is 0 Å². The van der Waals surface area contributed by atoms with E-state index in [1.54, 1.807) is 0 Å². The van der Waals surface area contributed by atoms with Crippen molar-refractivity contribution in [3.05, 3.63) is 0 Å². The zero-order chi connectivity index (χ0) is 11.8. The molecule has 0 heterocycles. The van der Waals surface area contributed by atoms with Crippen molar-refractivity contribution in [3.63, 3.8) is 0 Å². The first-order valence-electron chi connectivity index (χ1n) is 3.93. The molecule has 0 spiro atoms. The van der Waals surface area contributed by atoms with Crippen LogP contribution in [0.5, 0.6) is 0 Å². The second-order valence-electron chi connectivity index (χ2n) is 3.09. The minimum Gasteiger partial charge on any atom is -0.381 e. The highest BCUT2D eigenvalue weighted by Gasteiger charge is 2.65. The zero-order valence-electron chi connectivity index (χ0n) is 7.86. The maximum absolute atomic E-state index is 9.07. The first-order chi connectivity index (χ1) is 6.00. The van der Waals surface area contributed by atoms with Crippen molar-refractivity contribution < 1.29 is 40.8 Å². The summed E-state index contributed by atoms with van der Waals surface area (Å²) in [7, 11) is 0. The molecule has 8 nitrogen and oxygen atoms in total. The Hall–Kier alpha value is -0.320.